The van der Waals surface area contributed by atoms with Crippen LogP contribution in [-0.2, 0) is 13.1 Å². The minimum absolute atomic E-state index is 0.428. The highest BCUT2D eigenvalue weighted by Crippen LogP contribution is 2.18. The number of imidazole rings is 1. The number of nitrogens with one attached hydrogen (secondary N) is 2. The molecule has 3 aromatic rings. The van der Waals surface area contributed by atoms with E-state index in [1.54, 1.807) is 13.2 Å². The van der Waals surface area contributed by atoms with Gasteiger partial charge >= 0.3 is 0 Å². The second-order valence-corrected chi connectivity index (χ2v) is 4.92. The standard InChI is InChI=1S/C16H15F2N3O/c1-22-11-3-5-14-15(7-11)21-16(20-14)9-19-8-10-2-4-12(17)13(18)6-10/h2-7,19H,8-9H2,1H3,(H,20,21). The Morgan fingerprint density at radius 1 is 1.09 bits per heavy atom. The van der Waals surface area contributed by atoms with Gasteiger partial charge in [0.05, 0.1) is 24.7 Å². The first-order chi connectivity index (χ1) is 10.7. The van der Waals surface area contributed by atoms with E-state index in [0.717, 1.165) is 28.7 Å². The van der Waals surface area contributed by atoms with Gasteiger partial charge < -0.3 is 15.0 Å². The Morgan fingerprint density at radius 2 is 1.95 bits per heavy atom. The Labute approximate surface area is 126 Å². The van der Waals surface area contributed by atoms with E-state index in [0.29, 0.717) is 18.7 Å². The van der Waals surface area contributed by atoms with Crippen molar-refractivity contribution >= 4 is 11.0 Å². The molecule has 0 atom stereocenters. The van der Waals surface area contributed by atoms with E-state index in [2.05, 4.69) is 15.3 Å². The highest BCUT2D eigenvalue weighted by molar-refractivity contribution is 5.76. The summed E-state index contributed by atoms with van der Waals surface area (Å²) >= 11 is 0. The van der Waals surface area contributed by atoms with Gasteiger partial charge in [0.1, 0.15) is 11.6 Å². The van der Waals surface area contributed by atoms with Crippen molar-refractivity contribution in [2.75, 3.05) is 7.11 Å². The van der Waals surface area contributed by atoms with Gasteiger partial charge in [-0.2, -0.15) is 0 Å². The second kappa shape index (κ2) is 6.11. The maximum Gasteiger partial charge on any atom is 0.159 e. The average Bonchev–Trinajstić information content (AvgIpc) is 2.92. The van der Waals surface area contributed by atoms with Gasteiger partial charge in [-0.15, -0.1) is 0 Å². The van der Waals surface area contributed by atoms with Crippen LogP contribution in [0.15, 0.2) is 36.4 Å². The number of aromatic amines is 1. The normalized spacial score (nSPS) is 11.0. The van der Waals surface area contributed by atoms with Crippen molar-refractivity contribution in [3.05, 3.63) is 59.4 Å². The van der Waals surface area contributed by atoms with E-state index in [1.807, 2.05) is 18.2 Å². The molecule has 0 aliphatic rings. The molecule has 3 rings (SSSR count). The smallest absolute Gasteiger partial charge is 0.159 e. The molecule has 4 nitrogen and oxygen atoms in total. The molecule has 2 N–H and O–H groups in total. The predicted molar refractivity (Wildman–Crippen MR) is 79.5 cm³/mol. The molecular weight excluding hydrogens is 288 g/mol. The Bertz CT molecular complexity index is 801. The molecule has 0 unspecified atom stereocenters. The summed E-state index contributed by atoms with van der Waals surface area (Å²) < 4.78 is 31.1. The topological polar surface area (TPSA) is 49.9 Å². The summed E-state index contributed by atoms with van der Waals surface area (Å²) in [5.74, 6) is -0.145. The van der Waals surface area contributed by atoms with E-state index in [4.69, 9.17) is 4.74 Å². The third-order valence-corrected chi connectivity index (χ3v) is 3.34. The summed E-state index contributed by atoms with van der Waals surface area (Å²) in [6.45, 7) is 0.924. The Morgan fingerprint density at radius 3 is 2.73 bits per heavy atom. The third-order valence-electron chi connectivity index (χ3n) is 3.34. The summed E-state index contributed by atoms with van der Waals surface area (Å²) in [6, 6.07) is 9.47. The molecule has 0 amide bonds. The zero-order valence-corrected chi connectivity index (χ0v) is 12.0. The van der Waals surface area contributed by atoms with Crippen LogP contribution in [0, 0.1) is 11.6 Å². The number of benzene rings is 2. The number of halogens is 2. The number of rotatable bonds is 5. The molecule has 2 aromatic carbocycles. The van der Waals surface area contributed by atoms with Gasteiger partial charge in [-0.3, -0.25) is 0 Å². The molecule has 6 heteroatoms. The Balaban J connectivity index is 1.64. The summed E-state index contributed by atoms with van der Waals surface area (Å²) in [4.78, 5) is 7.63. The monoisotopic (exact) mass is 303 g/mol. The number of ether oxygens (including phenoxy) is 1. The molecule has 0 aliphatic carbocycles. The van der Waals surface area contributed by atoms with Crippen molar-refractivity contribution in [2.45, 2.75) is 13.1 Å². The van der Waals surface area contributed by atoms with Gasteiger partial charge in [-0.25, -0.2) is 13.8 Å². The number of fused-ring (bicyclic) bond motifs is 1. The van der Waals surface area contributed by atoms with Crippen LogP contribution in [0.25, 0.3) is 11.0 Å². The van der Waals surface area contributed by atoms with E-state index in [-0.39, 0.29) is 0 Å². The van der Waals surface area contributed by atoms with Crippen LogP contribution < -0.4 is 10.1 Å². The lowest BCUT2D eigenvalue weighted by molar-refractivity contribution is 0.415. The minimum Gasteiger partial charge on any atom is -0.497 e. The van der Waals surface area contributed by atoms with Gasteiger partial charge in [0.2, 0.25) is 0 Å². The fourth-order valence-electron chi connectivity index (χ4n) is 2.23. The van der Waals surface area contributed by atoms with Crippen molar-refractivity contribution in [1.82, 2.24) is 15.3 Å². The highest BCUT2D eigenvalue weighted by Gasteiger charge is 2.05. The van der Waals surface area contributed by atoms with Gasteiger partial charge in [-0.1, -0.05) is 6.07 Å². The van der Waals surface area contributed by atoms with Gasteiger partial charge in [0.25, 0.3) is 0 Å². The van der Waals surface area contributed by atoms with Crippen LogP contribution in [0.5, 0.6) is 5.75 Å². The lowest BCUT2D eigenvalue weighted by Crippen LogP contribution is -2.13. The zero-order valence-electron chi connectivity index (χ0n) is 12.0. The number of H-pyrrole nitrogens is 1. The minimum atomic E-state index is -0.838. The molecule has 1 heterocycles. The van der Waals surface area contributed by atoms with Gasteiger partial charge in [-0.05, 0) is 29.8 Å². The molecular formula is C16H15F2N3O. The van der Waals surface area contributed by atoms with E-state index in [1.165, 1.54) is 6.07 Å². The molecule has 114 valence electrons. The summed E-state index contributed by atoms with van der Waals surface area (Å²) in [5.41, 5.74) is 2.42. The molecule has 0 aliphatic heterocycles. The molecule has 0 bridgehead atoms. The molecule has 0 fully saturated rings. The van der Waals surface area contributed by atoms with Gasteiger partial charge in [0.15, 0.2) is 11.6 Å². The van der Waals surface area contributed by atoms with Crippen molar-refractivity contribution in [2.24, 2.45) is 0 Å². The average molecular weight is 303 g/mol. The van der Waals surface area contributed by atoms with Gasteiger partial charge in [0, 0.05) is 12.6 Å². The lowest BCUT2D eigenvalue weighted by atomic mass is 10.2. The maximum absolute atomic E-state index is 13.1. The zero-order chi connectivity index (χ0) is 15.5. The second-order valence-electron chi connectivity index (χ2n) is 4.92. The van der Waals surface area contributed by atoms with E-state index >= 15 is 0 Å². The van der Waals surface area contributed by atoms with E-state index < -0.39 is 11.6 Å². The molecule has 22 heavy (non-hydrogen) atoms. The first-order valence-corrected chi connectivity index (χ1v) is 6.83. The van der Waals surface area contributed by atoms with Crippen LogP contribution >= 0.6 is 0 Å². The van der Waals surface area contributed by atoms with Crippen LogP contribution in [0.1, 0.15) is 11.4 Å². The van der Waals surface area contributed by atoms with Crippen LogP contribution in [0.3, 0.4) is 0 Å². The van der Waals surface area contributed by atoms with Crippen molar-refractivity contribution in [3.8, 4) is 5.75 Å². The number of hydrogen-bond donors (Lipinski definition) is 2. The fourth-order valence-corrected chi connectivity index (χ4v) is 2.23. The molecule has 1 aromatic heterocycles. The maximum atomic E-state index is 13.1. The number of methoxy groups -OCH3 is 1. The van der Waals surface area contributed by atoms with E-state index in [9.17, 15) is 8.78 Å². The number of hydrogen-bond acceptors (Lipinski definition) is 3. The van der Waals surface area contributed by atoms with Crippen LogP contribution in [0.2, 0.25) is 0 Å². The first-order valence-electron chi connectivity index (χ1n) is 6.83. The largest absolute Gasteiger partial charge is 0.497 e. The Kier molecular flexibility index (Phi) is 4.02. The number of nitrogens with zero attached hydrogens (tertiary/aromatic N) is 1. The SMILES string of the molecule is COc1ccc2nc(CNCc3ccc(F)c(F)c3)[nH]c2c1. The Hall–Kier alpha value is -2.47. The third kappa shape index (κ3) is 3.07. The first kappa shape index (κ1) is 14.5. The van der Waals surface area contributed by atoms with Crippen molar-refractivity contribution in [1.29, 1.82) is 0 Å². The summed E-state index contributed by atoms with van der Waals surface area (Å²) in [7, 11) is 1.61. The molecule has 0 saturated heterocycles. The quantitative estimate of drug-likeness (QED) is 0.761. The molecule has 0 saturated carbocycles. The van der Waals surface area contributed by atoms with Crippen LogP contribution in [0.4, 0.5) is 8.78 Å². The van der Waals surface area contributed by atoms with Crippen molar-refractivity contribution < 1.29 is 13.5 Å². The fraction of sp³-hybridized carbons (Fsp3) is 0.188. The predicted octanol–water partition coefficient (Wildman–Crippen LogP) is 3.14. The number of aromatic nitrogens is 2. The van der Waals surface area contributed by atoms with Crippen LogP contribution in [-0.4, -0.2) is 17.1 Å². The lowest BCUT2D eigenvalue weighted by Gasteiger charge is -2.03. The van der Waals surface area contributed by atoms with Crippen molar-refractivity contribution in [3.63, 3.8) is 0 Å². The summed E-state index contributed by atoms with van der Waals surface area (Å²) in [5, 5.41) is 3.14. The highest BCUT2D eigenvalue weighted by atomic mass is 19.2. The summed E-state index contributed by atoms with van der Waals surface area (Å²) in [6.07, 6.45) is 0. The molecule has 0 spiro atoms. The molecule has 0 radical (unpaired) electrons.